The number of hydrogen-bond donors (Lipinski definition) is 2. The topological polar surface area (TPSA) is 67.1 Å². The monoisotopic (exact) mass is 366 g/mol. The molecule has 0 spiro atoms. The highest BCUT2D eigenvalue weighted by molar-refractivity contribution is 7.99. The second-order valence-corrected chi connectivity index (χ2v) is 6.67. The lowest BCUT2D eigenvalue weighted by molar-refractivity contribution is 0.828. The van der Waals surface area contributed by atoms with E-state index in [1.165, 1.54) is 4.90 Å². The summed E-state index contributed by atoms with van der Waals surface area (Å²) in [6.07, 6.45) is 7.17. The van der Waals surface area contributed by atoms with E-state index >= 15 is 0 Å². The van der Waals surface area contributed by atoms with Crippen LogP contribution in [-0.2, 0) is 6.54 Å². The van der Waals surface area contributed by atoms with Gasteiger partial charge in [0, 0.05) is 49.4 Å². The van der Waals surface area contributed by atoms with E-state index in [1.54, 1.807) is 25.8 Å². The van der Waals surface area contributed by atoms with Crippen LogP contribution in [0.25, 0.3) is 5.82 Å². The van der Waals surface area contributed by atoms with Gasteiger partial charge in [-0.15, -0.1) is 11.8 Å². The van der Waals surface area contributed by atoms with E-state index in [4.69, 9.17) is 0 Å². The van der Waals surface area contributed by atoms with Crippen molar-refractivity contribution in [2.24, 2.45) is 4.99 Å². The third-order valence-corrected chi connectivity index (χ3v) is 4.68. The zero-order chi connectivity index (χ0) is 18.0. The summed E-state index contributed by atoms with van der Waals surface area (Å²) in [7, 11) is 1.78. The molecule has 0 amide bonds. The summed E-state index contributed by atoms with van der Waals surface area (Å²) in [6, 6.07) is 14.4. The Morgan fingerprint density at radius 1 is 1.15 bits per heavy atom. The van der Waals surface area contributed by atoms with Gasteiger partial charge in [0.1, 0.15) is 12.1 Å². The number of pyridine rings is 1. The number of imidazole rings is 1. The van der Waals surface area contributed by atoms with Crippen molar-refractivity contribution in [2.75, 3.05) is 19.3 Å². The molecule has 26 heavy (non-hydrogen) atoms. The first kappa shape index (κ1) is 18.0. The lowest BCUT2D eigenvalue weighted by atomic mass is 10.2. The summed E-state index contributed by atoms with van der Waals surface area (Å²) in [5.41, 5.74) is 1.13. The summed E-state index contributed by atoms with van der Waals surface area (Å²) < 4.78 is 1.89. The fourth-order valence-electron chi connectivity index (χ4n) is 2.37. The van der Waals surface area contributed by atoms with Crippen LogP contribution in [0.15, 0.2) is 77.3 Å². The predicted octanol–water partition coefficient (Wildman–Crippen LogP) is 2.72. The number of hydrogen-bond acceptors (Lipinski definition) is 4. The highest BCUT2D eigenvalue weighted by Gasteiger charge is 2.02. The standard InChI is InChI=1S/C19H22N6S/c1-20-19(23-10-12-26-17-5-3-2-4-6-17)24-14-16-7-8-22-18(13-16)25-11-9-21-15-25/h2-9,11,13,15H,10,12,14H2,1H3,(H2,20,23,24). The molecule has 0 bridgehead atoms. The Balaban J connectivity index is 1.45. The molecule has 0 fully saturated rings. The number of guanidine groups is 1. The molecule has 134 valence electrons. The number of aliphatic imine (C=N–C) groups is 1. The Bertz CT molecular complexity index is 817. The number of nitrogens with one attached hydrogen (secondary N) is 2. The van der Waals surface area contributed by atoms with Crippen molar-refractivity contribution in [2.45, 2.75) is 11.4 Å². The van der Waals surface area contributed by atoms with Crippen LogP contribution < -0.4 is 10.6 Å². The quantitative estimate of drug-likeness (QED) is 0.291. The van der Waals surface area contributed by atoms with Crippen LogP contribution in [0, 0.1) is 0 Å². The second-order valence-electron chi connectivity index (χ2n) is 5.51. The molecule has 0 saturated carbocycles. The van der Waals surface area contributed by atoms with E-state index in [1.807, 2.05) is 40.7 Å². The maximum absolute atomic E-state index is 4.37. The minimum Gasteiger partial charge on any atom is -0.356 e. The molecule has 0 saturated heterocycles. The van der Waals surface area contributed by atoms with Crippen LogP contribution in [-0.4, -0.2) is 39.8 Å². The van der Waals surface area contributed by atoms with Crippen LogP contribution in [0.1, 0.15) is 5.56 Å². The van der Waals surface area contributed by atoms with Gasteiger partial charge in [-0.25, -0.2) is 9.97 Å². The number of nitrogens with zero attached hydrogens (tertiary/aromatic N) is 4. The summed E-state index contributed by atoms with van der Waals surface area (Å²) >= 11 is 1.83. The van der Waals surface area contributed by atoms with Crippen molar-refractivity contribution in [1.29, 1.82) is 0 Å². The fraction of sp³-hybridized carbons (Fsp3) is 0.211. The molecule has 2 aromatic heterocycles. The van der Waals surface area contributed by atoms with Crippen LogP contribution in [0.4, 0.5) is 0 Å². The molecular formula is C19H22N6S. The summed E-state index contributed by atoms with van der Waals surface area (Å²) in [4.78, 5) is 14.0. The first-order valence-electron chi connectivity index (χ1n) is 8.41. The average Bonchev–Trinajstić information content (AvgIpc) is 3.23. The molecule has 0 radical (unpaired) electrons. The van der Waals surface area contributed by atoms with Crippen LogP contribution >= 0.6 is 11.8 Å². The maximum atomic E-state index is 4.37. The minimum atomic E-state index is 0.676. The van der Waals surface area contributed by atoms with Gasteiger partial charge < -0.3 is 10.6 Å². The smallest absolute Gasteiger partial charge is 0.191 e. The maximum Gasteiger partial charge on any atom is 0.191 e. The van der Waals surface area contributed by atoms with Crippen molar-refractivity contribution in [3.8, 4) is 5.82 Å². The van der Waals surface area contributed by atoms with E-state index in [-0.39, 0.29) is 0 Å². The number of aromatic nitrogens is 3. The Kier molecular flexibility index (Phi) is 6.66. The second kappa shape index (κ2) is 9.62. The average molecular weight is 366 g/mol. The first-order chi connectivity index (χ1) is 12.8. The Morgan fingerprint density at radius 3 is 2.81 bits per heavy atom. The summed E-state index contributed by atoms with van der Waals surface area (Å²) in [5.74, 6) is 2.62. The van der Waals surface area contributed by atoms with Crippen molar-refractivity contribution < 1.29 is 0 Å². The highest BCUT2D eigenvalue weighted by Crippen LogP contribution is 2.15. The molecule has 7 heteroatoms. The SMILES string of the molecule is CN=C(NCCSc1ccccc1)NCc1ccnc(-n2ccnc2)c1. The normalized spacial score (nSPS) is 11.3. The Morgan fingerprint density at radius 2 is 2.04 bits per heavy atom. The first-order valence-corrected chi connectivity index (χ1v) is 9.39. The van der Waals surface area contributed by atoms with Gasteiger partial charge in [0.2, 0.25) is 0 Å². The van der Waals surface area contributed by atoms with E-state index in [9.17, 15) is 0 Å². The number of benzene rings is 1. The zero-order valence-electron chi connectivity index (χ0n) is 14.7. The Labute approximate surface area is 157 Å². The van der Waals surface area contributed by atoms with Gasteiger partial charge in [0.25, 0.3) is 0 Å². The van der Waals surface area contributed by atoms with Crippen LogP contribution in [0.2, 0.25) is 0 Å². The molecule has 3 aromatic rings. The predicted molar refractivity (Wildman–Crippen MR) is 107 cm³/mol. The third-order valence-electron chi connectivity index (χ3n) is 3.67. The lowest BCUT2D eigenvalue weighted by Gasteiger charge is -2.12. The zero-order valence-corrected chi connectivity index (χ0v) is 15.5. The fourth-order valence-corrected chi connectivity index (χ4v) is 3.16. The third kappa shape index (κ3) is 5.35. The Hall–Kier alpha value is -2.80. The van der Waals surface area contributed by atoms with E-state index in [0.29, 0.717) is 6.54 Å². The van der Waals surface area contributed by atoms with Gasteiger partial charge in [-0.1, -0.05) is 18.2 Å². The summed E-state index contributed by atoms with van der Waals surface area (Å²) in [6.45, 7) is 1.52. The van der Waals surface area contributed by atoms with Gasteiger partial charge in [0.15, 0.2) is 5.96 Å². The van der Waals surface area contributed by atoms with Crippen LogP contribution in [0.5, 0.6) is 0 Å². The van der Waals surface area contributed by atoms with Crippen molar-refractivity contribution >= 4 is 17.7 Å². The molecular weight excluding hydrogens is 344 g/mol. The van der Waals surface area contributed by atoms with E-state index in [0.717, 1.165) is 29.6 Å². The van der Waals surface area contributed by atoms with Crippen molar-refractivity contribution in [3.05, 3.63) is 72.9 Å². The van der Waals surface area contributed by atoms with Gasteiger partial charge in [-0.2, -0.15) is 0 Å². The molecule has 0 aliphatic rings. The molecule has 0 aliphatic heterocycles. The largest absolute Gasteiger partial charge is 0.356 e. The van der Waals surface area contributed by atoms with Crippen LogP contribution in [0.3, 0.4) is 0 Å². The lowest BCUT2D eigenvalue weighted by Crippen LogP contribution is -2.37. The molecule has 0 aliphatic carbocycles. The molecule has 3 rings (SSSR count). The molecule has 2 heterocycles. The van der Waals surface area contributed by atoms with Gasteiger partial charge >= 0.3 is 0 Å². The highest BCUT2D eigenvalue weighted by atomic mass is 32.2. The molecule has 0 unspecified atom stereocenters. The van der Waals surface area contributed by atoms with Gasteiger partial charge in [-0.05, 0) is 29.8 Å². The number of rotatable bonds is 7. The van der Waals surface area contributed by atoms with Gasteiger partial charge in [0.05, 0.1) is 0 Å². The minimum absolute atomic E-state index is 0.676. The molecule has 2 N–H and O–H groups in total. The molecule has 1 aromatic carbocycles. The molecule has 6 nitrogen and oxygen atoms in total. The number of thioether (sulfide) groups is 1. The van der Waals surface area contributed by atoms with Crippen molar-refractivity contribution in [3.63, 3.8) is 0 Å². The van der Waals surface area contributed by atoms with Crippen molar-refractivity contribution in [1.82, 2.24) is 25.2 Å². The van der Waals surface area contributed by atoms with E-state index < -0.39 is 0 Å². The molecule has 0 atom stereocenters. The summed E-state index contributed by atoms with van der Waals surface area (Å²) in [5, 5.41) is 6.67. The van der Waals surface area contributed by atoms with E-state index in [2.05, 4.69) is 49.9 Å². The van der Waals surface area contributed by atoms with Gasteiger partial charge in [-0.3, -0.25) is 9.56 Å².